The molecule has 0 fully saturated rings. The second-order valence-corrected chi connectivity index (χ2v) is 6.51. The van der Waals surface area contributed by atoms with Crippen LogP contribution in [-0.4, -0.2) is 51.5 Å². The lowest BCUT2D eigenvalue weighted by atomic mass is 10.1. The number of hydrazone groups is 1. The number of carbonyl (C=O) groups excluding carboxylic acids is 1. The molecule has 0 radical (unpaired) electrons. The van der Waals surface area contributed by atoms with Crippen molar-refractivity contribution >= 4 is 12.1 Å². The molecule has 0 saturated carbocycles. The van der Waals surface area contributed by atoms with Crippen LogP contribution in [0.1, 0.15) is 44.0 Å². The van der Waals surface area contributed by atoms with Gasteiger partial charge in [0.25, 0.3) is 11.5 Å². The molecule has 2 N–H and O–H groups in total. The number of hydrogen-bond acceptors (Lipinski definition) is 7. The van der Waals surface area contributed by atoms with E-state index in [2.05, 4.69) is 15.4 Å². The second-order valence-electron chi connectivity index (χ2n) is 6.51. The molecule has 28 heavy (non-hydrogen) atoms. The lowest BCUT2D eigenvalue weighted by Crippen LogP contribution is -2.42. The van der Waals surface area contributed by atoms with E-state index in [0.717, 1.165) is 6.21 Å². The predicted molar refractivity (Wildman–Crippen MR) is 97.2 cm³/mol. The molecule has 0 aliphatic carbocycles. The maximum absolute atomic E-state index is 12.9. The number of fused-ring (bicyclic) bond motifs is 1. The summed E-state index contributed by atoms with van der Waals surface area (Å²) < 4.78 is 32.6. The summed E-state index contributed by atoms with van der Waals surface area (Å²) in [6.07, 6.45) is 2.54. The lowest BCUT2D eigenvalue weighted by Gasteiger charge is -2.32. The molecular formula is C17H23F2N5O4. The summed E-state index contributed by atoms with van der Waals surface area (Å²) in [7, 11) is 0. The highest BCUT2D eigenvalue weighted by Crippen LogP contribution is 2.27. The van der Waals surface area contributed by atoms with Gasteiger partial charge in [0.2, 0.25) is 5.75 Å². The Bertz CT molecular complexity index is 864. The van der Waals surface area contributed by atoms with E-state index in [1.165, 1.54) is 17.6 Å². The van der Waals surface area contributed by atoms with Crippen LogP contribution in [0.15, 0.2) is 21.7 Å². The molecule has 2 rings (SSSR count). The minimum absolute atomic E-state index is 0.209. The van der Waals surface area contributed by atoms with Gasteiger partial charge in [0, 0.05) is 11.9 Å². The molecule has 11 heteroatoms. The van der Waals surface area contributed by atoms with Gasteiger partial charge in [0.1, 0.15) is 11.4 Å². The predicted octanol–water partition coefficient (Wildman–Crippen LogP) is 1.38. The summed E-state index contributed by atoms with van der Waals surface area (Å²) in [5.74, 6) is -1.40. The van der Waals surface area contributed by atoms with Crippen LogP contribution in [0.2, 0.25) is 0 Å². The molecule has 0 unspecified atom stereocenters. The molecule has 1 aliphatic heterocycles. The molecule has 9 nitrogen and oxygen atoms in total. The van der Waals surface area contributed by atoms with Crippen molar-refractivity contribution < 1.29 is 23.4 Å². The quantitative estimate of drug-likeness (QED) is 0.425. The Morgan fingerprint density at radius 3 is 2.82 bits per heavy atom. The number of nitrogens with zero attached hydrogens (tertiary/aromatic N) is 4. The number of hydrogen-bond donors (Lipinski definition) is 2. The summed E-state index contributed by atoms with van der Waals surface area (Å²) in [4.78, 5) is 28.8. The summed E-state index contributed by atoms with van der Waals surface area (Å²) in [6, 6.07) is 0. The molecule has 0 atom stereocenters. The van der Waals surface area contributed by atoms with Gasteiger partial charge >= 0.3 is 6.55 Å². The van der Waals surface area contributed by atoms with Crippen molar-refractivity contribution in [2.75, 3.05) is 13.2 Å². The van der Waals surface area contributed by atoms with Crippen molar-refractivity contribution in [3.63, 3.8) is 0 Å². The Morgan fingerprint density at radius 2 is 2.21 bits per heavy atom. The van der Waals surface area contributed by atoms with Gasteiger partial charge in [-0.3, -0.25) is 14.2 Å². The van der Waals surface area contributed by atoms with Crippen LogP contribution in [0.25, 0.3) is 0 Å². The molecule has 0 bridgehead atoms. The highest BCUT2D eigenvalue weighted by Gasteiger charge is 2.34. The summed E-state index contributed by atoms with van der Waals surface area (Å²) in [6.45, 7) is 3.88. The van der Waals surface area contributed by atoms with E-state index in [9.17, 15) is 23.5 Å². The fourth-order valence-electron chi connectivity index (χ4n) is 2.61. The van der Waals surface area contributed by atoms with Crippen LogP contribution >= 0.6 is 0 Å². The third kappa shape index (κ3) is 4.35. The van der Waals surface area contributed by atoms with Gasteiger partial charge < -0.3 is 15.2 Å². The number of rotatable bonds is 6. The first kappa shape index (κ1) is 21.5. The highest BCUT2D eigenvalue weighted by molar-refractivity contribution is 5.95. The first-order chi connectivity index (χ1) is 13.1. The van der Waals surface area contributed by atoms with Crippen LogP contribution in [0.4, 0.5) is 8.78 Å². The van der Waals surface area contributed by atoms with E-state index in [0.29, 0.717) is 5.01 Å². The van der Waals surface area contributed by atoms with Crippen LogP contribution in [-0.2, 0) is 16.9 Å². The highest BCUT2D eigenvalue weighted by atomic mass is 19.3. The number of amides is 1. The number of aromatic nitrogens is 2. The van der Waals surface area contributed by atoms with Gasteiger partial charge in [-0.25, -0.2) is 9.99 Å². The summed E-state index contributed by atoms with van der Waals surface area (Å²) >= 11 is 0. The SMILES string of the molecule is C/C=C(/C)N(/N=C/CNC(=O)c1nc2n(c(=O)c1O)CCOC2(C)C)C(F)F. The number of alkyl halides is 2. The topological polar surface area (TPSA) is 109 Å². The van der Waals surface area contributed by atoms with Crippen LogP contribution < -0.4 is 10.9 Å². The van der Waals surface area contributed by atoms with Gasteiger partial charge in [-0.2, -0.15) is 13.9 Å². The number of aromatic hydroxyl groups is 1. The van der Waals surface area contributed by atoms with E-state index < -0.39 is 35.1 Å². The molecule has 1 amide bonds. The van der Waals surface area contributed by atoms with Crippen LogP contribution in [0, 0.1) is 0 Å². The Hall–Kier alpha value is -2.82. The standard InChI is InChI=1S/C17H23F2N5O4/c1-5-10(2)24(16(18)19)21-7-6-20-13(26)11-12(25)14(27)23-8-9-28-17(3,4)15(23)22-11/h5,7,16,25H,6,8-9H2,1-4H3,(H,20,26)/b10-5-,21-7+. The van der Waals surface area contributed by atoms with Crippen molar-refractivity contribution in [3.8, 4) is 5.75 Å². The number of ether oxygens (including phenoxy) is 1. The van der Waals surface area contributed by atoms with Crippen LogP contribution in [0.5, 0.6) is 5.75 Å². The van der Waals surface area contributed by atoms with Crippen molar-refractivity contribution in [2.45, 2.75) is 46.4 Å². The molecule has 0 spiro atoms. The first-order valence-corrected chi connectivity index (χ1v) is 8.59. The number of allylic oxidation sites excluding steroid dienone is 2. The van der Waals surface area contributed by atoms with E-state index in [-0.39, 0.29) is 31.2 Å². The van der Waals surface area contributed by atoms with Crippen molar-refractivity contribution in [3.05, 3.63) is 33.6 Å². The van der Waals surface area contributed by atoms with Gasteiger partial charge in [-0.1, -0.05) is 6.08 Å². The average Bonchev–Trinajstić information content (AvgIpc) is 2.63. The molecule has 0 aromatic carbocycles. The first-order valence-electron chi connectivity index (χ1n) is 8.59. The van der Waals surface area contributed by atoms with E-state index >= 15 is 0 Å². The maximum atomic E-state index is 12.9. The minimum Gasteiger partial charge on any atom is -0.501 e. The molecular weight excluding hydrogens is 376 g/mol. The number of carbonyl (C=O) groups is 1. The number of halogens is 2. The molecule has 0 saturated heterocycles. The monoisotopic (exact) mass is 399 g/mol. The van der Waals surface area contributed by atoms with Crippen LogP contribution in [0.3, 0.4) is 0 Å². The van der Waals surface area contributed by atoms with Crippen molar-refractivity contribution in [1.82, 2.24) is 19.9 Å². The van der Waals surface area contributed by atoms with Gasteiger partial charge in [0.05, 0.1) is 19.7 Å². The molecule has 1 aliphatic rings. The zero-order valence-electron chi connectivity index (χ0n) is 16.1. The van der Waals surface area contributed by atoms with E-state index in [4.69, 9.17) is 4.74 Å². The average molecular weight is 399 g/mol. The zero-order valence-corrected chi connectivity index (χ0v) is 16.1. The Kier molecular flexibility index (Phi) is 6.49. The smallest absolute Gasteiger partial charge is 0.333 e. The van der Waals surface area contributed by atoms with Crippen molar-refractivity contribution in [1.29, 1.82) is 0 Å². The third-order valence-electron chi connectivity index (χ3n) is 4.20. The third-order valence-corrected chi connectivity index (χ3v) is 4.20. The Balaban J connectivity index is 2.18. The normalized spacial score (nSPS) is 16.3. The lowest BCUT2D eigenvalue weighted by molar-refractivity contribution is -0.0566. The molecule has 154 valence electrons. The largest absolute Gasteiger partial charge is 0.501 e. The zero-order chi connectivity index (χ0) is 21.1. The molecule has 1 aromatic heterocycles. The Labute approximate surface area is 160 Å². The molecule has 2 heterocycles. The minimum atomic E-state index is -2.84. The van der Waals surface area contributed by atoms with Gasteiger partial charge in [-0.05, 0) is 27.7 Å². The number of nitrogens with one attached hydrogen (secondary N) is 1. The fourth-order valence-corrected chi connectivity index (χ4v) is 2.61. The summed E-state index contributed by atoms with van der Waals surface area (Å²) in [5, 5.41) is 16.5. The Morgan fingerprint density at radius 1 is 1.54 bits per heavy atom. The van der Waals surface area contributed by atoms with E-state index in [1.54, 1.807) is 20.8 Å². The van der Waals surface area contributed by atoms with Gasteiger partial charge in [-0.15, -0.1) is 0 Å². The summed E-state index contributed by atoms with van der Waals surface area (Å²) in [5.41, 5.74) is -1.88. The fraction of sp³-hybridized carbons (Fsp3) is 0.529. The van der Waals surface area contributed by atoms with E-state index in [1.807, 2.05) is 0 Å². The van der Waals surface area contributed by atoms with Gasteiger partial charge in [0.15, 0.2) is 5.69 Å². The molecule has 1 aromatic rings. The maximum Gasteiger partial charge on any atom is 0.333 e. The van der Waals surface area contributed by atoms with Crippen molar-refractivity contribution in [2.24, 2.45) is 5.10 Å². The second kappa shape index (κ2) is 8.46.